The molecule has 0 aliphatic heterocycles. The predicted octanol–water partition coefficient (Wildman–Crippen LogP) is 1.95. The van der Waals surface area contributed by atoms with Gasteiger partial charge in [-0.2, -0.15) is 0 Å². The number of rotatable bonds is 6. The first-order chi connectivity index (χ1) is 11.5. The molecule has 2 rings (SSSR count). The van der Waals surface area contributed by atoms with Crippen LogP contribution in [0.25, 0.3) is 0 Å². The van der Waals surface area contributed by atoms with Crippen molar-refractivity contribution in [1.82, 2.24) is 16.0 Å². The highest BCUT2D eigenvalue weighted by atomic mass is 16.5. The van der Waals surface area contributed by atoms with Gasteiger partial charge < -0.3 is 9.26 Å². The zero-order valence-electron chi connectivity index (χ0n) is 14.0. The van der Waals surface area contributed by atoms with Gasteiger partial charge in [-0.3, -0.25) is 20.4 Å². The minimum Gasteiger partial charge on any atom is -0.484 e. The van der Waals surface area contributed by atoms with Crippen molar-refractivity contribution in [2.24, 2.45) is 0 Å². The highest BCUT2D eigenvalue weighted by Crippen LogP contribution is 2.13. The molecule has 0 aliphatic rings. The van der Waals surface area contributed by atoms with Crippen LogP contribution in [0.15, 0.2) is 28.8 Å². The van der Waals surface area contributed by atoms with Crippen LogP contribution in [0.3, 0.4) is 0 Å². The molecule has 7 heteroatoms. The third-order valence-corrected chi connectivity index (χ3v) is 3.51. The molecule has 0 fully saturated rings. The fraction of sp³-hybridized carbons (Fsp3) is 0.353. The lowest BCUT2D eigenvalue weighted by molar-refractivity contribution is -0.123. The van der Waals surface area contributed by atoms with Crippen LogP contribution < -0.4 is 15.6 Å². The number of aromatic nitrogens is 1. The summed E-state index contributed by atoms with van der Waals surface area (Å²) in [6.45, 7) is 5.37. The van der Waals surface area contributed by atoms with E-state index in [2.05, 4.69) is 22.9 Å². The normalized spacial score (nSPS) is 10.3. The van der Waals surface area contributed by atoms with Crippen molar-refractivity contribution < 1.29 is 18.8 Å². The van der Waals surface area contributed by atoms with Crippen molar-refractivity contribution in [2.45, 2.75) is 33.6 Å². The number of hydrogen-bond donors (Lipinski definition) is 2. The second-order valence-electron chi connectivity index (χ2n) is 5.20. The molecule has 7 nitrogen and oxygen atoms in total. The van der Waals surface area contributed by atoms with Crippen molar-refractivity contribution in [3.8, 4) is 5.75 Å². The van der Waals surface area contributed by atoms with Crippen LogP contribution in [-0.4, -0.2) is 23.6 Å². The van der Waals surface area contributed by atoms with Crippen molar-refractivity contribution in [2.75, 3.05) is 6.61 Å². The molecule has 24 heavy (non-hydrogen) atoms. The minimum atomic E-state index is -0.466. The van der Waals surface area contributed by atoms with Gasteiger partial charge in [0.25, 0.3) is 11.8 Å². The van der Waals surface area contributed by atoms with E-state index in [4.69, 9.17) is 9.26 Å². The topological polar surface area (TPSA) is 93.5 Å². The number of benzene rings is 1. The van der Waals surface area contributed by atoms with Crippen LogP contribution in [0.4, 0.5) is 0 Å². The van der Waals surface area contributed by atoms with Crippen molar-refractivity contribution in [3.05, 3.63) is 46.8 Å². The molecular weight excluding hydrogens is 310 g/mol. The Kier molecular flexibility index (Phi) is 5.95. The fourth-order valence-electron chi connectivity index (χ4n) is 2.15. The first-order valence-electron chi connectivity index (χ1n) is 7.81. The largest absolute Gasteiger partial charge is 0.484 e. The van der Waals surface area contributed by atoms with Gasteiger partial charge in [0.1, 0.15) is 17.1 Å². The molecule has 0 radical (unpaired) electrons. The second-order valence-corrected chi connectivity index (χ2v) is 5.20. The fourth-order valence-corrected chi connectivity index (χ4v) is 2.15. The molecule has 1 aromatic heterocycles. The van der Waals surface area contributed by atoms with Gasteiger partial charge in [0.05, 0.1) is 5.69 Å². The van der Waals surface area contributed by atoms with Crippen LogP contribution in [-0.2, 0) is 17.6 Å². The molecule has 1 heterocycles. The molecule has 1 aromatic carbocycles. The van der Waals surface area contributed by atoms with E-state index in [1.807, 2.05) is 19.1 Å². The van der Waals surface area contributed by atoms with Gasteiger partial charge in [-0.05, 0) is 37.5 Å². The van der Waals surface area contributed by atoms with E-state index >= 15 is 0 Å². The average molecular weight is 331 g/mol. The van der Waals surface area contributed by atoms with Gasteiger partial charge in [-0.15, -0.1) is 0 Å². The first-order valence-corrected chi connectivity index (χ1v) is 7.81. The summed E-state index contributed by atoms with van der Waals surface area (Å²) in [4.78, 5) is 23.9. The van der Waals surface area contributed by atoms with Crippen molar-refractivity contribution in [3.63, 3.8) is 0 Å². The highest BCUT2D eigenvalue weighted by molar-refractivity contribution is 5.97. The Bertz CT molecular complexity index is 707. The lowest BCUT2D eigenvalue weighted by atomic mass is 10.1. The van der Waals surface area contributed by atoms with E-state index < -0.39 is 11.8 Å². The van der Waals surface area contributed by atoms with Gasteiger partial charge in [0.2, 0.25) is 0 Å². The molecule has 0 spiro atoms. The maximum atomic E-state index is 12.1. The number of hydrazine groups is 1. The summed E-state index contributed by atoms with van der Waals surface area (Å²) in [5.41, 5.74) is 6.72. The summed E-state index contributed by atoms with van der Waals surface area (Å²) in [5, 5.41) is 3.80. The number of carbonyl (C=O) groups excluding carboxylic acids is 2. The summed E-state index contributed by atoms with van der Waals surface area (Å²) < 4.78 is 10.4. The minimum absolute atomic E-state index is 0.199. The van der Waals surface area contributed by atoms with E-state index in [1.165, 1.54) is 5.56 Å². The van der Waals surface area contributed by atoms with E-state index in [-0.39, 0.29) is 6.61 Å². The van der Waals surface area contributed by atoms with Gasteiger partial charge in [-0.25, -0.2) is 0 Å². The Morgan fingerprint density at radius 1 is 1.12 bits per heavy atom. The molecule has 128 valence electrons. The van der Waals surface area contributed by atoms with E-state index in [9.17, 15) is 9.59 Å². The summed E-state index contributed by atoms with van der Waals surface area (Å²) >= 11 is 0. The number of aryl methyl sites for hydroxylation is 3. The third kappa shape index (κ3) is 4.34. The van der Waals surface area contributed by atoms with Gasteiger partial charge in [0.15, 0.2) is 6.61 Å². The summed E-state index contributed by atoms with van der Waals surface area (Å²) in [7, 11) is 0. The van der Waals surface area contributed by atoms with E-state index in [0.717, 1.165) is 6.42 Å². The average Bonchev–Trinajstić information content (AvgIpc) is 2.99. The number of carbonyl (C=O) groups is 2. The van der Waals surface area contributed by atoms with Crippen molar-refractivity contribution in [1.29, 1.82) is 0 Å². The number of amides is 2. The van der Waals surface area contributed by atoms with Crippen LogP contribution in [0.5, 0.6) is 5.75 Å². The zero-order valence-corrected chi connectivity index (χ0v) is 14.0. The Morgan fingerprint density at radius 2 is 1.83 bits per heavy atom. The van der Waals surface area contributed by atoms with Gasteiger partial charge in [0, 0.05) is 0 Å². The number of nitrogens with one attached hydrogen (secondary N) is 2. The van der Waals surface area contributed by atoms with Gasteiger partial charge >= 0.3 is 0 Å². The molecule has 0 unspecified atom stereocenters. The zero-order chi connectivity index (χ0) is 17.5. The molecule has 2 amide bonds. The van der Waals surface area contributed by atoms with Crippen LogP contribution >= 0.6 is 0 Å². The lowest BCUT2D eigenvalue weighted by Crippen LogP contribution is -2.44. The molecule has 0 saturated heterocycles. The van der Waals surface area contributed by atoms with Crippen LogP contribution in [0, 0.1) is 6.92 Å². The Morgan fingerprint density at radius 3 is 2.46 bits per heavy atom. The summed E-state index contributed by atoms with van der Waals surface area (Å²) in [6, 6.07) is 7.49. The van der Waals surface area contributed by atoms with E-state index in [1.54, 1.807) is 19.1 Å². The molecule has 0 aliphatic carbocycles. The summed E-state index contributed by atoms with van der Waals surface area (Å²) in [5.74, 6) is 0.0732. The Labute approximate surface area is 140 Å². The monoisotopic (exact) mass is 331 g/mol. The standard InChI is InChI=1S/C17H21N3O4/c1-4-12-6-8-13(9-7-12)23-10-15(21)18-19-17(22)16-11(3)24-20-14(16)5-2/h6-9H,4-5,10H2,1-3H3,(H,18,21)(H,19,22). The SMILES string of the molecule is CCc1ccc(OCC(=O)NNC(=O)c2c(CC)noc2C)cc1. The lowest BCUT2D eigenvalue weighted by Gasteiger charge is -2.09. The maximum absolute atomic E-state index is 12.1. The van der Waals surface area contributed by atoms with Gasteiger partial charge in [-0.1, -0.05) is 31.1 Å². The maximum Gasteiger partial charge on any atom is 0.276 e. The molecular formula is C17H21N3O4. The van der Waals surface area contributed by atoms with Crippen molar-refractivity contribution >= 4 is 11.8 Å². The predicted molar refractivity (Wildman–Crippen MR) is 87.5 cm³/mol. The van der Waals surface area contributed by atoms with E-state index in [0.29, 0.717) is 29.2 Å². The van der Waals surface area contributed by atoms with Crippen LogP contribution in [0.1, 0.15) is 41.2 Å². The Balaban J connectivity index is 1.82. The molecule has 0 saturated carbocycles. The second kappa shape index (κ2) is 8.14. The number of nitrogens with zero attached hydrogens (tertiary/aromatic N) is 1. The van der Waals surface area contributed by atoms with Crippen LogP contribution in [0.2, 0.25) is 0 Å². The first kappa shape index (κ1) is 17.5. The molecule has 2 N–H and O–H groups in total. The number of hydrogen-bond acceptors (Lipinski definition) is 5. The smallest absolute Gasteiger partial charge is 0.276 e. The number of ether oxygens (including phenoxy) is 1. The third-order valence-electron chi connectivity index (χ3n) is 3.51. The molecule has 0 atom stereocenters. The highest BCUT2D eigenvalue weighted by Gasteiger charge is 2.19. The Hall–Kier alpha value is -2.83. The summed E-state index contributed by atoms with van der Waals surface area (Å²) in [6.07, 6.45) is 1.50. The molecule has 0 bridgehead atoms. The molecule has 2 aromatic rings. The quantitative estimate of drug-likeness (QED) is 0.789.